The van der Waals surface area contributed by atoms with Gasteiger partial charge in [0.25, 0.3) is 0 Å². The molecule has 0 aliphatic carbocycles. The number of hydrogen-bond acceptors (Lipinski definition) is 3. The molecule has 0 saturated carbocycles. The molecule has 0 fully saturated rings. The van der Waals surface area contributed by atoms with Gasteiger partial charge in [0.1, 0.15) is 0 Å². The first-order valence-electron chi connectivity index (χ1n) is 10.0. The molecule has 1 heterocycles. The molecule has 2 aromatic carbocycles. The first kappa shape index (κ1) is 21.5. The Balaban J connectivity index is 1.84. The van der Waals surface area contributed by atoms with E-state index in [2.05, 4.69) is 4.72 Å². The number of hydrogen-bond donors (Lipinski definition) is 1. The van der Waals surface area contributed by atoms with Crippen molar-refractivity contribution >= 4 is 21.6 Å². The predicted molar refractivity (Wildman–Crippen MR) is 117 cm³/mol. The van der Waals surface area contributed by atoms with Crippen molar-refractivity contribution in [2.45, 2.75) is 50.8 Å². The van der Waals surface area contributed by atoms with Crippen LogP contribution in [0.1, 0.15) is 51.7 Å². The van der Waals surface area contributed by atoms with E-state index in [0.29, 0.717) is 13.1 Å². The van der Waals surface area contributed by atoms with Crippen LogP contribution in [0.2, 0.25) is 0 Å². The number of carbonyl (C=O) groups is 1. The topological polar surface area (TPSA) is 66.5 Å². The van der Waals surface area contributed by atoms with E-state index in [1.54, 1.807) is 23.1 Å². The minimum atomic E-state index is -3.64. The largest absolute Gasteiger partial charge is 0.311 e. The molecule has 0 unspecified atom stereocenters. The Bertz CT molecular complexity index is 998. The molecule has 0 radical (unpaired) electrons. The molecule has 1 amide bonds. The van der Waals surface area contributed by atoms with Crippen molar-refractivity contribution in [3.8, 4) is 0 Å². The summed E-state index contributed by atoms with van der Waals surface area (Å²) in [5, 5.41) is 0. The zero-order valence-corrected chi connectivity index (χ0v) is 18.6. The minimum absolute atomic E-state index is 0.0576. The molecule has 29 heavy (non-hydrogen) atoms. The summed E-state index contributed by atoms with van der Waals surface area (Å²) in [5.74, 6) is 0.0135. The second-order valence-electron chi connectivity index (χ2n) is 8.81. The lowest BCUT2D eigenvalue weighted by molar-refractivity contribution is -0.121. The number of amides is 1. The molecule has 1 aliphatic rings. The Morgan fingerprint density at radius 1 is 1.10 bits per heavy atom. The number of anilines is 1. The molecule has 3 rings (SSSR count). The highest BCUT2D eigenvalue weighted by Gasteiger charge is 2.39. The maximum atomic E-state index is 12.9. The molecule has 1 atom stereocenters. The van der Waals surface area contributed by atoms with Gasteiger partial charge in [0.15, 0.2) is 0 Å². The Morgan fingerprint density at radius 2 is 1.76 bits per heavy atom. The second kappa shape index (κ2) is 7.92. The lowest BCUT2D eigenvalue weighted by Gasteiger charge is -2.22. The fraction of sp³-hybridized carbons (Fsp3) is 0.435. The van der Waals surface area contributed by atoms with Crippen LogP contribution in [0, 0.1) is 5.92 Å². The normalized spacial score (nSPS) is 16.7. The standard InChI is InChI=1S/C23H30N2O3S/c1-16(2)22(26)25-15-23(4,5)20-13-19(11-12-21(20)25)29(27,28)24-14-17(3)18-9-7-6-8-10-18/h6-13,16-17,24H,14-15H2,1-5H3/t17-/m0/s1. The van der Waals surface area contributed by atoms with Gasteiger partial charge in [0.05, 0.1) is 4.90 Å². The molecule has 5 nitrogen and oxygen atoms in total. The van der Waals surface area contributed by atoms with Gasteiger partial charge in [-0.3, -0.25) is 4.79 Å². The summed E-state index contributed by atoms with van der Waals surface area (Å²) >= 11 is 0. The van der Waals surface area contributed by atoms with Gasteiger partial charge < -0.3 is 4.90 Å². The third kappa shape index (κ3) is 4.38. The number of nitrogens with one attached hydrogen (secondary N) is 1. The first-order valence-corrected chi connectivity index (χ1v) is 11.5. The molecular weight excluding hydrogens is 384 g/mol. The van der Waals surface area contributed by atoms with Crippen LogP contribution in [0.25, 0.3) is 0 Å². The smallest absolute Gasteiger partial charge is 0.240 e. The molecule has 0 bridgehead atoms. The first-order chi connectivity index (χ1) is 13.5. The molecule has 0 spiro atoms. The van der Waals surface area contributed by atoms with E-state index in [-0.39, 0.29) is 28.1 Å². The van der Waals surface area contributed by atoms with Gasteiger partial charge >= 0.3 is 0 Å². The second-order valence-corrected chi connectivity index (χ2v) is 10.6. The van der Waals surface area contributed by atoms with Crippen molar-refractivity contribution in [1.82, 2.24) is 4.72 Å². The third-order valence-electron chi connectivity index (χ3n) is 5.56. The summed E-state index contributed by atoms with van der Waals surface area (Å²) < 4.78 is 28.6. The van der Waals surface area contributed by atoms with Gasteiger partial charge in [-0.1, -0.05) is 65.0 Å². The van der Waals surface area contributed by atoms with Crippen molar-refractivity contribution in [2.75, 3.05) is 18.0 Å². The quantitative estimate of drug-likeness (QED) is 0.775. The lowest BCUT2D eigenvalue weighted by atomic mass is 9.87. The molecular formula is C23H30N2O3S. The summed E-state index contributed by atoms with van der Waals surface area (Å²) in [7, 11) is -3.64. The Kier molecular flexibility index (Phi) is 5.88. The fourth-order valence-corrected chi connectivity index (χ4v) is 4.91. The van der Waals surface area contributed by atoms with Crippen LogP contribution >= 0.6 is 0 Å². The maximum Gasteiger partial charge on any atom is 0.240 e. The Labute approximate surface area is 174 Å². The number of nitrogens with zero attached hydrogens (tertiary/aromatic N) is 1. The molecule has 0 aromatic heterocycles. The van der Waals surface area contributed by atoms with Crippen LogP contribution < -0.4 is 9.62 Å². The van der Waals surface area contributed by atoms with Gasteiger partial charge in [-0.25, -0.2) is 13.1 Å². The lowest BCUT2D eigenvalue weighted by Crippen LogP contribution is -2.36. The third-order valence-corrected chi connectivity index (χ3v) is 6.98. The highest BCUT2D eigenvalue weighted by atomic mass is 32.2. The summed E-state index contributed by atoms with van der Waals surface area (Å²) in [4.78, 5) is 14.6. The van der Waals surface area contributed by atoms with Gasteiger partial charge in [-0.05, 0) is 35.2 Å². The van der Waals surface area contributed by atoms with E-state index in [9.17, 15) is 13.2 Å². The summed E-state index contributed by atoms with van der Waals surface area (Å²) in [6, 6.07) is 14.9. The zero-order chi connectivity index (χ0) is 21.4. The number of sulfonamides is 1. The van der Waals surface area contributed by atoms with Crippen LogP contribution in [-0.4, -0.2) is 27.4 Å². The van der Waals surface area contributed by atoms with Gasteiger partial charge in [0, 0.05) is 30.1 Å². The van der Waals surface area contributed by atoms with E-state index in [4.69, 9.17) is 0 Å². The molecule has 6 heteroatoms. The van der Waals surface area contributed by atoms with E-state index < -0.39 is 10.0 Å². The maximum absolute atomic E-state index is 12.9. The number of rotatable bonds is 6. The highest BCUT2D eigenvalue weighted by molar-refractivity contribution is 7.89. The average molecular weight is 415 g/mol. The minimum Gasteiger partial charge on any atom is -0.311 e. The highest BCUT2D eigenvalue weighted by Crippen LogP contribution is 2.42. The summed E-state index contributed by atoms with van der Waals surface area (Å²) in [5.41, 5.74) is 2.49. The molecule has 0 saturated heterocycles. The van der Waals surface area contributed by atoms with Gasteiger partial charge in [-0.15, -0.1) is 0 Å². The molecule has 2 aromatic rings. The molecule has 1 N–H and O–H groups in total. The van der Waals surface area contributed by atoms with E-state index in [0.717, 1.165) is 16.8 Å². The fourth-order valence-electron chi connectivity index (χ4n) is 3.75. The number of benzene rings is 2. The van der Waals surface area contributed by atoms with Crippen LogP contribution in [-0.2, 0) is 20.2 Å². The van der Waals surface area contributed by atoms with Gasteiger partial charge in [0.2, 0.25) is 15.9 Å². The molecule has 1 aliphatic heterocycles. The van der Waals surface area contributed by atoms with Crippen LogP contribution in [0.15, 0.2) is 53.4 Å². The molecule has 156 valence electrons. The van der Waals surface area contributed by atoms with Gasteiger partial charge in [-0.2, -0.15) is 0 Å². The average Bonchev–Trinajstić information content (AvgIpc) is 2.96. The SMILES string of the molecule is CC(C)C(=O)N1CC(C)(C)c2cc(S(=O)(=O)NC[C@H](C)c3ccccc3)ccc21. The van der Waals surface area contributed by atoms with Crippen molar-refractivity contribution in [3.63, 3.8) is 0 Å². The van der Waals surface area contributed by atoms with Crippen molar-refractivity contribution in [3.05, 3.63) is 59.7 Å². The van der Waals surface area contributed by atoms with Crippen molar-refractivity contribution in [2.24, 2.45) is 5.92 Å². The van der Waals surface area contributed by atoms with Crippen molar-refractivity contribution in [1.29, 1.82) is 0 Å². The Morgan fingerprint density at radius 3 is 2.38 bits per heavy atom. The predicted octanol–water partition coefficient (Wildman–Crippen LogP) is 4.05. The number of carbonyl (C=O) groups excluding carboxylic acids is 1. The van der Waals surface area contributed by atoms with E-state index >= 15 is 0 Å². The van der Waals surface area contributed by atoms with Crippen molar-refractivity contribution < 1.29 is 13.2 Å². The summed E-state index contributed by atoms with van der Waals surface area (Å²) in [6.45, 7) is 10.7. The monoisotopic (exact) mass is 414 g/mol. The Hall–Kier alpha value is -2.18. The summed E-state index contributed by atoms with van der Waals surface area (Å²) in [6.07, 6.45) is 0. The van der Waals surface area contributed by atoms with E-state index in [1.807, 2.05) is 65.0 Å². The van der Waals surface area contributed by atoms with Crippen LogP contribution in [0.4, 0.5) is 5.69 Å². The number of fused-ring (bicyclic) bond motifs is 1. The zero-order valence-electron chi connectivity index (χ0n) is 17.8. The van der Waals surface area contributed by atoms with Crippen LogP contribution in [0.3, 0.4) is 0 Å². The van der Waals surface area contributed by atoms with Crippen LogP contribution in [0.5, 0.6) is 0 Å². The van der Waals surface area contributed by atoms with E-state index in [1.165, 1.54) is 0 Å².